The number of phenolic OH excluding ortho intramolecular Hbond substituents is 1. The summed E-state index contributed by atoms with van der Waals surface area (Å²) >= 11 is 5.28. The van der Waals surface area contributed by atoms with Gasteiger partial charge in [0.1, 0.15) is 11.5 Å². The fourth-order valence-electron chi connectivity index (χ4n) is 2.66. The van der Waals surface area contributed by atoms with E-state index in [4.69, 9.17) is 17.0 Å². The Labute approximate surface area is 163 Å². The van der Waals surface area contributed by atoms with E-state index in [-0.39, 0.29) is 5.75 Å². The zero-order valence-corrected chi connectivity index (χ0v) is 15.8. The van der Waals surface area contributed by atoms with E-state index in [1.165, 1.54) is 0 Å². The van der Waals surface area contributed by atoms with Gasteiger partial charge in [0.15, 0.2) is 5.11 Å². The molecule has 0 bridgehead atoms. The van der Waals surface area contributed by atoms with Crippen LogP contribution < -0.4 is 20.9 Å². The molecule has 0 aliphatic heterocycles. The highest BCUT2D eigenvalue weighted by molar-refractivity contribution is 7.80. The predicted molar refractivity (Wildman–Crippen MR) is 115 cm³/mol. The van der Waals surface area contributed by atoms with E-state index in [2.05, 4.69) is 22.7 Å². The molecule has 0 aromatic heterocycles. The standard InChI is InChI=1S/C21H21N3O2S/c1-3-26-17-11-9-16(10-12-17)22-21(27)24-23-14(2)18-13-8-15-6-4-5-7-19(15)20(18)25/h4-13,23,25H,2-3H2,1H3,(H2,22,24,27). The maximum absolute atomic E-state index is 10.5. The Hall–Kier alpha value is -3.25. The molecule has 0 atom stereocenters. The van der Waals surface area contributed by atoms with Gasteiger partial charge in [0.25, 0.3) is 0 Å². The molecule has 4 N–H and O–H groups in total. The first-order valence-corrected chi connectivity index (χ1v) is 8.95. The van der Waals surface area contributed by atoms with Crippen molar-refractivity contribution >= 4 is 39.5 Å². The lowest BCUT2D eigenvalue weighted by Gasteiger charge is -2.16. The fourth-order valence-corrected chi connectivity index (χ4v) is 2.83. The van der Waals surface area contributed by atoms with Gasteiger partial charge in [0, 0.05) is 16.6 Å². The van der Waals surface area contributed by atoms with Crippen LogP contribution in [0.5, 0.6) is 11.5 Å². The number of hydrazine groups is 1. The lowest BCUT2D eigenvalue weighted by Crippen LogP contribution is -2.38. The minimum atomic E-state index is 0.179. The first-order chi connectivity index (χ1) is 13.1. The van der Waals surface area contributed by atoms with Crippen LogP contribution in [0.25, 0.3) is 16.5 Å². The summed E-state index contributed by atoms with van der Waals surface area (Å²) in [4.78, 5) is 0. The summed E-state index contributed by atoms with van der Waals surface area (Å²) in [6, 6.07) is 18.9. The summed E-state index contributed by atoms with van der Waals surface area (Å²) in [6.45, 7) is 6.53. The zero-order valence-electron chi connectivity index (χ0n) is 15.0. The van der Waals surface area contributed by atoms with E-state index >= 15 is 0 Å². The number of fused-ring (bicyclic) bond motifs is 1. The Balaban J connectivity index is 1.60. The summed E-state index contributed by atoms with van der Waals surface area (Å²) in [5.74, 6) is 0.984. The smallest absolute Gasteiger partial charge is 0.189 e. The van der Waals surface area contributed by atoms with Crippen molar-refractivity contribution in [3.8, 4) is 11.5 Å². The highest BCUT2D eigenvalue weighted by atomic mass is 32.1. The highest BCUT2D eigenvalue weighted by Gasteiger charge is 2.09. The lowest BCUT2D eigenvalue weighted by molar-refractivity contribution is 0.340. The third-order valence-electron chi connectivity index (χ3n) is 3.98. The summed E-state index contributed by atoms with van der Waals surface area (Å²) in [5, 5.41) is 15.7. The van der Waals surface area contributed by atoms with Gasteiger partial charge in [0.05, 0.1) is 12.3 Å². The van der Waals surface area contributed by atoms with E-state index in [9.17, 15) is 5.11 Å². The molecule has 6 heteroatoms. The molecular formula is C21H21N3O2S. The Bertz CT molecular complexity index is 971. The number of nitrogens with one attached hydrogen (secondary N) is 3. The van der Waals surface area contributed by atoms with Crippen LogP contribution in [-0.2, 0) is 0 Å². The van der Waals surface area contributed by atoms with Gasteiger partial charge in [-0.2, -0.15) is 0 Å². The number of aromatic hydroxyl groups is 1. The van der Waals surface area contributed by atoms with Crippen molar-refractivity contribution in [1.29, 1.82) is 0 Å². The van der Waals surface area contributed by atoms with E-state index in [0.29, 0.717) is 23.0 Å². The number of rotatable bonds is 6. The van der Waals surface area contributed by atoms with Crippen molar-refractivity contribution in [2.45, 2.75) is 6.92 Å². The topological polar surface area (TPSA) is 65.5 Å². The number of hydrogen-bond acceptors (Lipinski definition) is 4. The first kappa shape index (κ1) is 18.5. The number of hydrogen-bond donors (Lipinski definition) is 4. The molecule has 0 fully saturated rings. The van der Waals surface area contributed by atoms with Crippen molar-refractivity contribution in [3.63, 3.8) is 0 Å². The number of anilines is 1. The molecule has 3 rings (SSSR count). The van der Waals surface area contributed by atoms with E-state index < -0.39 is 0 Å². The third-order valence-corrected chi connectivity index (χ3v) is 4.18. The molecule has 0 amide bonds. The van der Waals surface area contributed by atoms with Gasteiger partial charge in [-0.3, -0.25) is 10.9 Å². The van der Waals surface area contributed by atoms with Gasteiger partial charge in [-0.05, 0) is 54.9 Å². The molecule has 0 unspecified atom stereocenters. The molecule has 5 nitrogen and oxygen atoms in total. The Morgan fingerprint density at radius 1 is 1.04 bits per heavy atom. The predicted octanol–water partition coefficient (Wildman–Crippen LogP) is 4.41. The van der Waals surface area contributed by atoms with Crippen LogP contribution in [0.15, 0.2) is 67.2 Å². The van der Waals surface area contributed by atoms with Gasteiger partial charge >= 0.3 is 0 Å². The van der Waals surface area contributed by atoms with Crippen LogP contribution in [0.2, 0.25) is 0 Å². The fraction of sp³-hybridized carbons (Fsp3) is 0.0952. The average Bonchev–Trinajstić information content (AvgIpc) is 2.68. The van der Waals surface area contributed by atoms with Crippen LogP contribution in [-0.4, -0.2) is 16.8 Å². The minimum absolute atomic E-state index is 0.179. The van der Waals surface area contributed by atoms with Gasteiger partial charge in [-0.1, -0.05) is 36.9 Å². The second kappa shape index (κ2) is 8.42. The molecule has 27 heavy (non-hydrogen) atoms. The molecule has 0 spiro atoms. The second-order valence-electron chi connectivity index (χ2n) is 5.82. The minimum Gasteiger partial charge on any atom is -0.507 e. The second-order valence-corrected chi connectivity index (χ2v) is 6.23. The molecule has 0 saturated heterocycles. The van der Waals surface area contributed by atoms with Crippen LogP contribution in [0.1, 0.15) is 12.5 Å². The van der Waals surface area contributed by atoms with E-state index in [0.717, 1.165) is 22.2 Å². The summed E-state index contributed by atoms with van der Waals surface area (Å²) in [7, 11) is 0. The largest absolute Gasteiger partial charge is 0.507 e. The van der Waals surface area contributed by atoms with Crippen molar-refractivity contribution in [3.05, 3.63) is 72.8 Å². The third kappa shape index (κ3) is 4.48. The molecule has 0 saturated carbocycles. The maximum atomic E-state index is 10.5. The summed E-state index contributed by atoms with van der Waals surface area (Å²) in [5.41, 5.74) is 7.74. The number of phenols is 1. The van der Waals surface area contributed by atoms with E-state index in [1.54, 1.807) is 0 Å². The van der Waals surface area contributed by atoms with Crippen molar-refractivity contribution in [2.24, 2.45) is 0 Å². The summed E-state index contributed by atoms with van der Waals surface area (Å²) < 4.78 is 5.41. The maximum Gasteiger partial charge on any atom is 0.189 e. The van der Waals surface area contributed by atoms with Crippen LogP contribution in [0, 0.1) is 0 Å². The van der Waals surface area contributed by atoms with Gasteiger partial charge < -0.3 is 15.2 Å². The SMILES string of the molecule is C=C(NNC(=S)Nc1ccc(OCC)cc1)c1ccc2ccccc2c1O. The monoisotopic (exact) mass is 379 g/mol. The quantitative estimate of drug-likeness (QED) is 0.376. The van der Waals surface area contributed by atoms with Crippen molar-refractivity contribution < 1.29 is 9.84 Å². The van der Waals surface area contributed by atoms with Gasteiger partial charge in [0.2, 0.25) is 0 Å². The molecule has 3 aromatic rings. The Morgan fingerprint density at radius 3 is 2.52 bits per heavy atom. The highest BCUT2D eigenvalue weighted by Crippen LogP contribution is 2.31. The molecule has 0 heterocycles. The Kier molecular flexibility index (Phi) is 5.78. The van der Waals surface area contributed by atoms with Crippen LogP contribution in [0.4, 0.5) is 5.69 Å². The normalized spacial score (nSPS) is 10.3. The molecular weight excluding hydrogens is 358 g/mol. The first-order valence-electron chi connectivity index (χ1n) is 8.54. The lowest BCUT2D eigenvalue weighted by atomic mass is 10.0. The van der Waals surface area contributed by atoms with Crippen molar-refractivity contribution in [1.82, 2.24) is 10.9 Å². The molecule has 0 aliphatic carbocycles. The van der Waals surface area contributed by atoms with Crippen LogP contribution in [0.3, 0.4) is 0 Å². The zero-order chi connectivity index (χ0) is 19.2. The molecule has 138 valence electrons. The van der Waals surface area contributed by atoms with Gasteiger partial charge in [-0.25, -0.2) is 0 Å². The van der Waals surface area contributed by atoms with Crippen LogP contribution >= 0.6 is 12.2 Å². The number of benzene rings is 3. The number of thiocarbonyl (C=S) groups is 1. The average molecular weight is 379 g/mol. The molecule has 3 aromatic carbocycles. The van der Waals surface area contributed by atoms with Crippen molar-refractivity contribution in [2.75, 3.05) is 11.9 Å². The molecule has 0 aliphatic rings. The Morgan fingerprint density at radius 2 is 1.78 bits per heavy atom. The number of ether oxygens (including phenoxy) is 1. The molecule has 0 radical (unpaired) electrons. The summed E-state index contributed by atoms with van der Waals surface area (Å²) in [6.07, 6.45) is 0. The van der Waals surface area contributed by atoms with E-state index in [1.807, 2.05) is 67.6 Å². The van der Waals surface area contributed by atoms with Gasteiger partial charge in [-0.15, -0.1) is 0 Å².